The molecule has 5 heteroatoms. The molecule has 24 heavy (non-hydrogen) atoms. The molecule has 2 aromatic heterocycles. The first-order chi connectivity index (χ1) is 11.9. The minimum atomic E-state index is 0.371. The molecule has 5 rings (SSSR count). The molecule has 0 unspecified atom stereocenters. The van der Waals surface area contributed by atoms with Gasteiger partial charge in [-0.25, -0.2) is 9.97 Å². The van der Waals surface area contributed by atoms with Crippen LogP contribution in [0, 0.1) is 0 Å². The molecule has 0 spiro atoms. The number of ether oxygens (including phenoxy) is 1. The summed E-state index contributed by atoms with van der Waals surface area (Å²) in [6.07, 6.45) is 5.71. The number of thiophene rings is 1. The summed E-state index contributed by atoms with van der Waals surface area (Å²) < 4.78 is 5.96. The van der Waals surface area contributed by atoms with Crippen LogP contribution in [-0.2, 0) is 4.74 Å². The molecule has 3 aromatic rings. The molecule has 0 N–H and O–H groups in total. The number of nitrogens with zero attached hydrogens (tertiary/aromatic N) is 3. The van der Waals surface area contributed by atoms with Crippen LogP contribution in [0.1, 0.15) is 19.3 Å². The van der Waals surface area contributed by atoms with E-state index in [1.54, 1.807) is 17.7 Å². The number of fused-ring (bicyclic) bond motifs is 2. The van der Waals surface area contributed by atoms with Gasteiger partial charge in [0.25, 0.3) is 0 Å². The van der Waals surface area contributed by atoms with Crippen molar-refractivity contribution in [1.29, 1.82) is 0 Å². The lowest BCUT2D eigenvalue weighted by molar-refractivity contribution is 0.0254. The lowest BCUT2D eigenvalue weighted by atomic mass is 10.1. The van der Waals surface area contributed by atoms with E-state index in [2.05, 4.69) is 51.3 Å². The molecule has 1 saturated heterocycles. The SMILES string of the molecule is c1ccc(-c2cc3c(N4CCO[C@H]5CCC[C@H]54)ncnc3s2)cc1. The van der Waals surface area contributed by atoms with Gasteiger partial charge < -0.3 is 9.64 Å². The highest BCUT2D eigenvalue weighted by Crippen LogP contribution is 2.39. The molecule has 1 aromatic carbocycles. The van der Waals surface area contributed by atoms with Crippen LogP contribution in [0.2, 0.25) is 0 Å². The molecule has 1 aliphatic carbocycles. The minimum Gasteiger partial charge on any atom is -0.374 e. The Hall–Kier alpha value is -1.98. The maximum absolute atomic E-state index is 5.96. The van der Waals surface area contributed by atoms with Crippen molar-refractivity contribution in [2.75, 3.05) is 18.1 Å². The lowest BCUT2D eigenvalue weighted by Gasteiger charge is -2.38. The monoisotopic (exact) mass is 337 g/mol. The Kier molecular flexibility index (Phi) is 3.49. The zero-order valence-corrected chi connectivity index (χ0v) is 14.2. The van der Waals surface area contributed by atoms with Crippen molar-refractivity contribution in [2.45, 2.75) is 31.4 Å². The second-order valence-corrected chi connectivity index (χ2v) is 7.52. The fourth-order valence-electron chi connectivity index (χ4n) is 4.01. The molecule has 0 radical (unpaired) electrons. The van der Waals surface area contributed by atoms with E-state index in [0.29, 0.717) is 12.1 Å². The third kappa shape index (κ3) is 2.31. The highest BCUT2D eigenvalue weighted by atomic mass is 32.1. The van der Waals surface area contributed by atoms with E-state index in [1.165, 1.54) is 35.1 Å². The largest absolute Gasteiger partial charge is 0.374 e. The van der Waals surface area contributed by atoms with E-state index in [9.17, 15) is 0 Å². The molecule has 122 valence electrons. The van der Waals surface area contributed by atoms with Crippen LogP contribution in [-0.4, -0.2) is 35.3 Å². The van der Waals surface area contributed by atoms with E-state index in [1.807, 2.05) is 0 Å². The highest BCUT2D eigenvalue weighted by molar-refractivity contribution is 7.21. The summed E-state index contributed by atoms with van der Waals surface area (Å²) in [5, 5.41) is 1.17. The van der Waals surface area contributed by atoms with Crippen molar-refractivity contribution in [1.82, 2.24) is 9.97 Å². The lowest BCUT2D eigenvalue weighted by Crippen LogP contribution is -2.49. The molecule has 2 fully saturated rings. The molecular weight excluding hydrogens is 318 g/mol. The summed E-state index contributed by atoms with van der Waals surface area (Å²) in [6.45, 7) is 1.71. The Morgan fingerprint density at radius 2 is 2.04 bits per heavy atom. The second kappa shape index (κ2) is 5.83. The zero-order chi connectivity index (χ0) is 15.9. The van der Waals surface area contributed by atoms with E-state index in [0.717, 1.165) is 23.8 Å². The van der Waals surface area contributed by atoms with Crippen molar-refractivity contribution in [3.63, 3.8) is 0 Å². The zero-order valence-electron chi connectivity index (χ0n) is 13.4. The quantitative estimate of drug-likeness (QED) is 0.705. The number of rotatable bonds is 2. The number of anilines is 1. The predicted octanol–water partition coefficient (Wildman–Crippen LogP) is 4.12. The average molecular weight is 337 g/mol. The normalized spacial score (nSPS) is 23.6. The molecule has 2 atom stereocenters. The summed E-state index contributed by atoms with van der Waals surface area (Å²) in [6, 6.07) is 13.2. The maximum atomic E-state index is 5.96. The molecule has 3 heterocycles. The van der Waals surface area contributed by atoms with Crippen molar-refractivity contribution in [3.05, 3.63) is 42.7 Å². The summed E-state index contributed by atoms with van der Waals surface area (Å²) in [7, 11) is 0. The number of morpholine rings is 1. The first-order valence-electron chi connectivity index (χ1n) is 8.58. The summed E-state index contributed by atoms with van der Waals surface area (Å²) in [4.78, 5) is 14.0. The Bertz CT molecular complexity index is 863. The average Bonchev–Trinajstić information content (AvgIpc) is 3.28. The summed E-state index contributed by atoms with van der Waals surface area (Å²) in [5.41, 5.74) is 1.24. The van der Waals surface area contributed by atoms with Gasteiger partial charge in [0.2, 0.25) is 0 Å². The Morgan fingerprint density at radius 1 is 1.12 bits per heavy atom. The van der Waals surface area contributed by atoms with E-state index < -0.39 is 0 Å². The van der Waals surface area contributed by atoms with Crippen molar-refractivity contribution >= 4 is 27.4 Å². The van der Waals surface area contributed by atoms with Crippen LogP contribution in [0.5, 0.6) is 0 Å². The minimum absolute atomic E-state index is 0.371. The first kappa shape index (κ1) is 14.4. The fourth-order valence-corrected chi connectivity index (χ4v) is 5.00. The molecule has 2 aliphatic rings. The van der Waals surface area contributed by atoms with Crippen LogP contribution >= 0.6 is 11.3 Å². The summed E-state index contributed by atoms with van der Waals surface area (Å²) in [5.74, 6) is 1.08. The number of hydrogen-bond acceptors (Lipinski definition) is 5. The number of aromatic nitrogens is 2. The molecule has 1 saturated carbocycles. The van der Waals surface area contributed by atoms with Gasteiger partial charge in [0, 0.05) is 11.4 Å². The van der Waals surface area contributed by atoms with Gasteiger partial charge in [-0.15, -0.1) is 11.3 Å². The standard InChI is InChI=1S/C19H19N3OS/c1-2-5-13(6-3-1)17-11-14-18(20-12-21-19(14)24-17)22-9-10-23-16-8-4-7-15(16)22/h1-3,5-6,11-12,15-16H,4,7-10H2/t15-,16+/m1/s1. The Labute approximate surface area is 145 Å². The van der Waals surface area contributed by atoms with Crippen LogP contribution in [0.15, 0.2) is 42.7 Å². The second-order valence-electron chi connectivity index (χ2n) is 6.49. The van der Waals surface area contributed by atoms with Crippen LogP contribution in [0.4, 0.5) is 5.82 Å². The Morgan fingerprint density at radius 3 is 2.96 bits per heavy atom. The summed E-state index contributed by atoms with van der Waals surface area (Å²) >= 11 is 1.74. The smallest absolute Gasteiger partial charge is 0.141 e. The first-order valence-corrected chi connectivity index (χ1v) is 9.40. The molecule has 0 bridgehead atoms. The van der Waals surface area contributed by atoms with Crippen molar-refractivity contribution in [3.8, 4) is 10.4 Å². The third-order valence-corrected chi connectivity index (χ3v) is 6.21. The van der Waals surface area contributed by atoms with E-state index in [4.69, 9.17) is 4.74 Å². The van der Waals surface area contributed by atoms with Gasteiger partial charge in [0.05, 0.1) is 24.1 Å². The molecule has 0 amide bonds. The third-order valence-electron chi connectivity index (χ3n) is 5.12. The van der Waals surface area contributed by atoms with Gasteiger partial charge in [-0.05, 0) is 30.9 Å². The van der Waals surface area contributed by atoms with Gasteiger partial charge >= 0.3 is 0 Å². The van der Waals surface area contributed by atoms with E-state index >= 15 is 0 Å². The fraction of sp³-hybridized carbons (Fsp3) is 0.368. The molecule has 1 aliphatic heterocycles. The maximum Gasteiger partial charge on any atom is 0.141 e. The molecular formula is C19H19N3OS. The van der Waals surface area contributed by atoms with Gasteiger partial charge in [-0.2, -0.15) is 0 Å². The van der Waals surface area contributed by atoms with Crippen LogP contribution in [0.25, 0.3) is 20.7 Å². The van der Waals surface area contributed by atoms with Crippen LogP contribution < -0.4 is 4.90 Å². The topological polar surface area (TPSA) is 38.2 Å². The van der Waals surface area contributed by atoms with Crippen molar-refractivity contribution < 1.29 is 4.74 Å². The van der Waals surface area contributed by atoms with E-state index in [-0.39, 0.29) is 0 Å². The van der Waals surface area contributed by atoms with Gasteiger partial charge in [0.15, 0.2) is 0 Å². The number of hydrogen-bond donors (Lipinski definition) is 0. The highest BCUT2D eigenvalue weighted by Gasteiger charge is 2.37. The van der Waals surface area contributed by atoms with Crippen molar-refractivity contribution in [2.24, 2.45) is 0 Å². The number of benzene rings is 1. The Balaban J connectivity index is 1.60. The predicted molar refractivity (Wildman–Crippen MR) is 97.6 cm³/mol. The van der Waals surface area contributed by atoms with Gasteiger partial charge in [0.1, 0.15) is 17.0 Å². The van der Waals surface area contributed by atoms with Gasteiger partial charge in [-0.3, -0.25) is 0 Å². The van der Waals surface area contributed by atoms with Gasteiger partial charge in [-0.1, -0.05) is 30.3 Å². The van der Waals surface area contributed by atoms with Crippen LogP contribution in [0.3, 0.4) is 0 Å². The molecule has 4 nitrogen and oxygen atoms in total.